The minimum atomic E-state index is -2.77. The molecule has 0 heterocycles. The van der Waals surface area contributed by atoms with E-state index in [0.717, 1.165) is 18.4 Å². The molecule has 0 radical (unpaired) electrons. The molecule has 2 unspecified atom stereocenters. The zero-order valence-electron chi connectivity index (χ0n) is 8.41. The average molecular weight is 205 g/mol. The van der Waals surface area contributed by atoms with Crippen LogP contribution in [-0.2, 0) is 9.84 Å². The number of hydrogen-bond donors (Lipinski definition) is 1. The van der Waals surface area contributed by atoms with Gasteiger partial charge >= 0.3 is 0 Å². The van der Waals surface area contributed by atoms with E-state index in [0.29, 0.717) is 6.54 Å². The Balaban J connectivity index is 2.01. The molecule has 1 aliphatic rings. The van der Waals surface area contributed by atoms with E-state index in [1.165, 1.54) is 6.42 Å². The second-order valence-corrected chi connectivity index (χ2v) is 6.39. The van der Waals surface area contributed by atoms with Gasteiger partial charge in [0.05, 0.1) is 5.75 Å². The fourth-order valence-electron chi connectivity index (χ4n) is 1.34. The van der Waals surface area contributed by atoms with Crippen LogP contribution in [0.4, 0.5) is 0 Å². The molecule has 1 fully saturated rings. The summed E-state index contributed by atoms with van der Waals surface area (Å²) < 4.78 is 22.2. The van der Waals surface area contributed by atoms with Crippen LogP contribution >= 0.6 is 0 Å². The Bertz CT molecular complexity index is 248. The van der Waals surface area contributed by atoms with E-state index in [1.807, 2.05) is 0 Å². The maximum atomic E-state index is 11.1. The van der Waals surface area contributed by atoms with Gasteiger partial charge in [-0.25, -0.2) is 8.42 Å². The van der Waals surface area contributed by atoms with Crippen LogP contribution in [0.25, 0.3) is 0 Å². The lowest BCUT2D eigenvalue weighted by atomic mass is 10.3. The zero-order chi connectivity index (χ0) is 9.90. The Labute approximate surface area is 80.8 Å². The normalized spacial score (nSPS) is 27.5. The van der Waals surface area contributed by atoms with Crippen molar-refractivity contribution in [3.8, 4) is 0 Å². The van der Waals surface area contributed by atoms with Crippen molar-refractivity contribution in [2.45, 2.75) is 20.3 Å². The quantitative estimate of drug-likeness (QED) is 0.648. The van der Waals surface area contributed by atoms with Crippen molar-refractivity contribution in [3.05, 3.63) is 0 Å². The van der Waals surface area contributed by atoms with Gasteiger partial charge in [-0.3, -0.25) is 0 Å². The molecule has 0 bridgehead atoms. The Morgan fingerprint density at radius 2 is 2.08 bits per heavy atom. The largest absolute Gasteiger partial charge is 0.315 e. The van der Waals surface area contributed by atoms with Gasteiger partial charge < -0.3 is 5.32 Å². The summed E-state index contributed by atoms with van der Waals surface area (Å²) in [6.45, 7) is 5.52. The van der Waals surface area contributed by atoms with Crippen LogP contribution in [0.5, 0.6) is 0 Å². The predicted molar refractivity (Wildman–Crippen MR) is 54.5 cm³/mol. The maximum Gasteiger partial charge on any atom is 0.151 e. The van der Waals surface area contributed by atoms with E-state index in [1.54, 1.807) is 6.92 Å². The van der Waals surface area contributed by atoms with E-state index in [9.17, 15) is 8.42 Å². The first-order valence-electron chi connectivity index (χ1n) is 4.96. The molecule has 13 heavy (non-hydrogen) atoms. The molecule has 0 amide bonds. The van der Waals surface area contributed by atoms with Gasteiger partial charge in [0, 0.05) is 12.3 Å². The first-order valence-corrected chi connectivity index (χ1v) is 6.78. The lowest BCUT2D eigenvalue weighted by molar-refractivity contribution is 0.586. The van der Waals surface area contributed by atoms with Gasteiger partial charge in [-0.1, -0.05) is 13.8 Å². The van der Waals surface area contributed by atoms with Crippen molar-refractivity contribution >= 4 is 9.84 Å². The summed E-state index contributed by atoms with van der Waals surface area (Å²) in [5.74, 6) is 2.18. The lowest BCUT2D eigenvalue weighted by Crippen LogP contribution is -2.25. The minimum absolute atomic E-state index is 0.258. The number of nitrogens with one attached hydrogen (secondary N) is 1. The van der Waals surface area contributed by atoms with E-state index < -0.39 is 9.84 Å². The fraction of sp³-hybridized carbons (Fsp3) is 1.00. The van der Waals surface area contributed by atoms with Crippen molar-refractivity contribution in [2.75, 3.05) is 24.6 Å². The molecule has 0 saturated heterocycles. The molecule has 1 N–H and O–H groups in total. The lowest BCUT2D eigenvalue weighted by Gasteiger charge is -2.03. The highest BCUT2D eigenvalue weighted by molar-refractivity contribution is 7.91. The number of sulfone groups is 1. The Morgan fingerprint density at radius 3 is 2.54 bits per heavy atom. The first kappa shape index (κ1) is 11.0. The van der Waals surface area contributed by atoms with Crippen molar-refractivity contribution in [1.82, 2.24) is 5.32 Å². The van der Waals surface area contributed by atoms with Gasteiger partial charge in [-0.15, -0.1) is 0 Å². The molecule has 4 heteroatoms. The van der Waals surface area contributed by atoms with Gasteiger partial charge in [0.15, 0.2) is 9.84 Å². The van der Waals surface area contributed by atoms with Crippen molar-refractivity contribution in [1.29, 1.82) is 0 Å². The zero-order valence-corrected chi connectivity index (χ0v) is 9.23. The van der Waals surface area contributed by atoms with Crippen molar-refractivity contribution in [3.63, 3.8) is 0 Å². The summed E-state index contributed by atoms with van der Waals surface area (Å²) in [5, 5.41) is 3.19. The van der Waals surface area contributed by atoms with E-state index in [2.05, 4.69) is 12.2 Å². The fourth-order valence-corrected chi connectivity index (χ4v) is 2.09. The maximum absolute atomic E-state index is 11.1. The molecule has 0 aliphatic heterocycles. The van der Waals surface area contributed by atoms with Crippen LogP contribution in [-0.4, -0.2) is 33.0 Å². The average Bonchev–Trinajstić information content (AvgIpc) is 2.76. The third-order valence-corrected chi connectivity index (χ3v) is 4.42. The van der Waals surface area contributed by atoms with Gasteiger partial charge in [-0.05, 0) is 24.8 Å². The monoisotopic (exact) mass is 205 g/mol. The molecule has 1 rings (SSSR count). The molecule has 1 aliphatic carbocycles. The highest BCUT2D eigenvalue weighted by atomic mass is 32.2. The van der Waals surface area contributed by atoms with Crippen LogP contribution in [0.15, 0.2) is 0 Å². The van der Waals surface area contributed by atoms with E-state index >= 15 is 0 Å². The Kier molecular flexibility index (Phi) is 3.74. The number of hydrogen-bond acceptors (Lipinski definition) is 3. The van der Waals surface area contributed by atoms with Crippen molar-refractivity contribution in [2.24, 2.45) is 11.8 Å². The summed E-state index contributed by atoms with van der Waals surface area (Å²) >= 11 is 0. The molecule has 1 saturated carbocycles. The van der Waals surface area contributed by atoms with Crippen LogP contribution in [0.3, 0.4) is 0 Å². The molecule has 0 aromatic rings. The molecule has 0 spiro atoms. The van der Waals surface area contributed by atoms with Crippen LogP contribution in [0, 0.1) is 11.8 Å². The van der Waals surface area contributed by atoms with Gasteiger partial charge in [0.1, 0.15) is 0 Å². The van der Waals surface area contributed by atoms with Crippen LogP contribution in [0.1, 0.15) is 20.3 Å². The molecule has 2 atom stereocenters. The Hall–Kier alpha value is -0.0900. The summed E-state index contributed by atoms with van der Waals surface area (Å²) in [6, 6.07) is 0. The minimum Gasteiger partial charge on any atom is -0.315 e. The first-order chi connectivity index (χ1) is 6.05. The summed E-state index contributed by atoms with van der Waals surface area (Å²) in [7, 11) is -2.77. The highest BCUT2D eigenvalue weighted by Crippen LogP contribution is 2.36. The second kappa shape index (κ2) is 4.42. The summed E-state index contributed by atoms with van der Waals surface area (Å²) in [5.41, 5.74) is 0. The molecular formula is C9H19NO2S. The van der Waals surface area contributed by atoms with E-state index in [-0.39, 0.29) is 11.5 Å². The molecular weight excluding hydrogens is 186 g/mol. The Morgan fingerprint density at radius 1 is 1.46 bits per heavy atom. The van der Waals surface area contributed by atoms with Gasteiger partial charge in [-0.2, -0.15) is 0 Å². The van der Waals surface area contributed by atoms with Crippen LogP contribution in [0.2, 0.25) is 0 Å². The van der Waals surface area contributed by atoms with Crippen molar-refractivity contribution < 1.29 is 8.42 Å². The topological polar surface area (TPSA) is 46.2 Å². The highest BCUT2D eigenvalue weighted by Gasteiger charge is 2.31. The standard InChI is InChI=1S/C9H19NO2S/c1-3-13(11,12)5-4-10-7-9-6-8(9)2/h8-10H,3-7H2,1-2H3. The van der Waals surface area contributed by atoms with Crippen LogP contribution < -0.4 is 5.32 Å². The molecule has 0 aromatic carbocycles. The summed E-state index contributed by atoms with van der Waals surface area (Å²) in [6.07, 6.45) is 1.30. The molecule has 0 aromatic heterocycles. The van der Waals surface area contributed by atoms with E-state index in [4.69, 9.17) is 0 Å². The SMILES string of the molecule is CCS(=O)(=O)CCNCC1CC1C. The van der Waals surface area contributed by atoms with Gasteiger partial charge in [0.25, 0.3) is 0 Å². The smallest absolute Gasteiger partial charge is 0.151 e. The number of rotatable bonds is 6. The summed E-state index contributed by atoms with van der Waals surface area (Å²) in [4.78, 5) is 0. The van der Waals surface area contributed by atoms with Gasteiger partial charge in [0.2, 0.25) is 0 Å². The third-order valence-electron chi connectivity index (χ3n) is 2.71. The third kappa shape index (κ3) is 4.09. The predicted octanol–water partition coefficient (Wildman–Crippen LogP) is 0.667. The molecule has 78 valence electrons. The molecule has 3 nitrogen and oxygen atoms in total. The second-order valence-electron chi connectivity index (χ2n) is 3.91.